The standard InChI is InChI=1S/C20H23N5OS.C5H11NO3/c1-3-26-16-8-14(22)12(9-21)7-15(16)25-19-18-13-5-4-11(2)6-17(13)27-20(18)24-10-23-19;1-6(4-8)2-5(9)3-7/h7-11,21H,3-6,22H2,1-2H3,(H,23,24,25);4-5,7,9H,2-3H2,1H3. The van der Waals surface area contributed by atoms with Crippen LogP contribution >= 0.6 is 11.3 Å². The minimum Gasteiger partial charge on any atom is -0.492 e. The number of likely N-dealkylation sites (N-methyl/N-ethyl adjacent to an activating group) is 1. The summed E-state index contributed by atoms with van der Waals surface area (Å²) < 4.78 is 5.75. The van der Waals surface area contributed by atoms with E-state index >= 15 is 0 Å². The lowest BCUT2D eigenvalue weighted by Gasteiger charge is -2.19. The molecule has 4 rings (SSSR count). The molecule has 0 fully saturated rings. The highest BCUT2D eigenvalue weighted by atomic mass is 32.1. The number of nitrogen functional groups attached to an aromatic ring is 1. The Kier molecular flexibility index (Phi) is 9.57. The highest BCUT2D eigenvalue weighted by Crippen LogP contribution is 2.41. The van der Waals surface area contributed by atoms with Gasteiger partial charge in [0.1, 0.15) is 22.7 Å². The molecule has 1 amide bonds. The van der Waals surface area contributed by atoms with Crippen LogP contribution in [0, 0.1) is 11.3 Å². The number of anilines is 3. The van der Waals surface area contributed by atoms with Crippen LogP contribution in [0.3, 0.4) is 0 Å². The first-order valence-corrected chi connectivity index (χ1v) is 12.7. The molecule has 3 aromatic rings. The van der Waals surface area contributed by atoms with Gasteiger partial charge >= 0.3 is 0 Å². The number of benzene rings is 1. The van der Waals surface area contributed by atoms with Crippen molar-refractivity contribution in [1.82, 2.24) is 14.9 Å². The quantitative estimate of drug-likeness (QED) is 0.166. The number of hydrogen-bond donors (Lipinski definition) is 5. The van der Waals surface area contributed by atoms with Crippen LogP contribution in [0.2, 0.25) is 0 Å². The van der Waals surface area contributed by atoms with Crippen LogP contribution in [0.15, 0.2) is 18.5 Å². The van der Waals surface area contributed by atoms with E-state index in [0.717, 1.165) is 34.6 Å². The molecule has 1 aliphatic carbocycles. The lowest BCUT2D eigenvalue weighted by molar-refractivity contribution is -0.118. The lowest BCUT2D eigenvalue weighted by Crippen LogP contribution is -2.30. The molecule has 2 aromatic heterocycles. The summed E-state index contributed by atoms with van der Waals surface area (Å²) in [5.74, 6) is 2.16. The van der Waals surface area contributed by atoms with Gasteiger partial charge in [-0.1, -0.05) is 6.92 Å². The Morgan fingerprint density at radius 2 is 2.19 bits per heavy atom. The average molecular weight is 515 g/mol. The van der Waals surface area contributed by atoms with Gasteiger partial charge in [0.05, 0.1) is 30.4 Å². The van der Waals surface area contributed by atoms with Crippen molar-refractivity contribution in [1.29, 1.82) is 5.41 Å². The van der Waals surface area contributed by atoms with Crippen molar-refractivity contribution >= 4 is 51.4 Å². The third kappa shape index (κ3) is 6.48. The number of thiophene rings is 1. The van der Waals surface area contributed by atoms with Crippen LogP contribution in [-0.2, 0) is 17.6 Å². The van der Waals surface area contributed by atoms with Gasteiger partial charge in [-0.2, -0.15) is 0 Å². The molecule has 0 saturated carbocycles. The predicted octanol–water partition coefficient (Wildman–Crippen LogP) is 2.97. The van der Waals surface area contributed by atoms with Gasteiger partial charge < -0.3 is 36.3 Å². The smallest absolute Gasteiger partial charge is 0.209 e. The van der Waals surface area contributed by atoms with E-state index in [9.17, 15) is 4.79 Å². The monoisotopic (exact) mass is 514 g/mol. The Morgan fingerprint density at radius 1 is 1.42 bits per heavy atom. The molecule has 6 N–H and O–H groups in total. The lowest BCUT2D eigenvalue weighted by atomic mass is 9.89. The highest BCUT2D eigenvalue weighted by molar-refractivity contribution is 7.19. The number of aliphatic hydroxyl groups is 2. The first-order chi connectivity index (χ1) is 17.3. The van der Waals surface area contributed by atoms with Crippen molar-refractivity contribution in [2.24, 2.45) is 5.92 Å². The predicted molar refractivity (Wildman–Crippen MR) is 144 cm³/mol. The van der Waals surface area contributed by atoms with E-state index < -0.39 is 6.10 Å². The number of nitrogens with two attached hydrogens (primary N) is 1. The van der Waals surface area contributed by atoms with Gasteiger partial charge in [-0.05, 0) is 43.7 Å². The molecular formula is C25H34N6O4S. The van der Waals surface area contributed by atoms with Gasteiger partial charge in [0.25, 0.3) is 0 Å². The fourth-order valence-electron chi connectivity index (χ4n) is 4.04. The van der Waals surface area contributed by atoms with E-state index in [-0.39, 0.29) is 13.2 Å². The molecule has 0 radical (unpaired) electrons. The first-order valence-electron chi connectivity index (χ1n) is 11.8. The van der Waals surface area contributed by atoms with Crippen LogP contribution in [0.5, 0.6) is 5.75 Å². The van der Waals surface area contributed by atoms with Gasteiger partial charge in [-0.25, -0.2) is 9.97 Å². The molecule has 2 heterocycles. The summed E-state index contributed by atoms with van der Waals surface area (Å²) in [4.78, 5) is 22.6. The van der Waals surface area contributed by atoms with Crippen LogP contribution < -0.4 is 15.8 Å². The van der Waals surface area contributed by atoms with E-state index in [1.807, 2.05) is 13.0 Å². The molecule has 0 aliphatic heterocycles. The minimum absolute atomic E-state index is 0.181. The number of carbonyl (C=O) groups excluding carboxylic acids is 1. The number of nitrogens with one attached hydrogen (secondary N) is 2. The second kappa shape index (κ2) is 12.6. The number of nitrogens with zero attached hydrogens (tertiary/aromatic N) is 3. The molecule has 0 saturated heterocycles. The molecule has 10 nitrogen and oxygen atoms in total. The SMILES string of the molecule is CCOc1cc(N)c(C=N)cc1Nc1ncnc2sc3c(c12)CCC(C)C3.CN(C=O)CC(O)CO. The number of ether oxygens (including phenoxy) is 1. The number of fused-ring (bicyclic) bond motifs is 3. The number of hydrogen-bond acceptors (Lipinski definition) is 10. The summed E-state index contributed by atoms with van der Waals surface area (Å²) >= 11 is 1.77. The number of rotatable bonds is 9. The molecular weight excluding hydrogens is 480 g/mol. The summed E-state index contributed by atoms with van der Waals surface area (Å²) in [7, 11) is 1.53. The van der Waals surface area contributed by atoms with Gasteiger partial charge in [0, 0.05) is 42.0 Å². The number of aromatic nitrogens is 2. The fourth-order valence-corrected chi connectivity index (χ4v) is 5.39. The Morgan fingerprint density at radius 3 is 2.86 bits per heavy atom. The largest absolute Gasteiger partial charge is 0.492 e. The summed E-state index contributed by atoms with van der Waals surface area (Å²) in [6.45, 7) is 4.64. The zero-order chi connectivity index (χ0) is 26.2. The average Bonchev–Trinajstić information content (AvgIpc) is 3.24. The van der Waals surface area contributed by atoms with Crippen LogP contribution in [0.25, 0.3) is 10.2 Å². The highest BCUT2D eigenvalue weighted by Gasteiger charge is 2.23. The number of amides is 1. The maximum absolute atomic E-state index is 9.89. The number of aliphatic hydroxyl groups excluding tert-OH is 2. The van der Waals surface area contributed by atoms with Crippen molar-refractivity contribution in [2.45, 2.75) is 39.2 Å². The van der Waals surface area contributed by atoms with Crippen LogP contribution in [-0.4, -0.2) is 70.6 Å². The van der Waals surface area contributed by atoms with Crippen molar-refractivity contribution in [3.05, 3.63) is 34.5 Å². The fraction of sp³-hybridized carbons (Fsp3) is 0.440. The van der Waals surface area contributed by atoms with Gasteiger partial charge in [0.2, 0.25) is 6.41 Å². The van der Waals surface area contributed by atoms with Gasteiger partial charge in [0.15, 0.2) is 0 Å². The Balaban J connectivity index is 0.000000345. The second-order valence-electron chi connectivity index (χ2n) is 8.82. The molecule has 194 valence electrons. The summed E-state index contributed by atoms with van der Waals surface area (Å²) in [5, 5.41) is 29.1. The number of aryl methyl sites for hydroxylation is 1. The van der Waals surface area contributed by atoms with Gasteiger partial charge in [-0.3, -0.25) is 4.79 Å². The molecule has 2 atom stereocenters. The Bertz CT molecular complexity index is 1200. The molecule has 0 spiro atoms. The number of carbonyl (C=O) groups is 1. The first kappa shape index (κ1) is 27.3. The van der Waals surface area contributed by atoms with Crippen molar-refractivity contribution in [2.75, 3.05) is 37.9 Å². The maximum atomic E-state index is 9.89. The topological polar surface area (TPSA) is 158 Å². The third-order valence-electron chi connectivity index (χ3n) is 5.87. The molecule has 1 aromatic carbocycles. The van der Waals surface area contributed by atoms with E-state index in [1.165, 1.54) is 35.0 Å². The summed E-state index contributed by atoms with van der Waals surface area (Å²) in [5.41, 5.74) is 9.32. The van der Waals surface area contributed by atoms with E-state index in [1.54, 1.807) is 23.7 Å². The third-order valence-corrected chi connectivity index (χ3v) is 7.04. The normalized spacial score (nSPS) is 15.3. The van der Waals surface area contributed by atoms with E-state index in [4.69, 9.17) is 26.1 Å². The summed E-state index contributed by atoms with van der Waals surface area (Å²) in [6, 6.07) is 3.59. The van der Waals surface area contributed by atoms with Crippen LogP contribution in [0.1, 0.15) is 36.3 Å². The van der Waals surface area contributed by atoms with Crippen LogP contribution in [0.4, 0.5) is 17.2 Å². The molecule has 1 aliphatic rings. The van der Waals surface area contributed by atoms with Crippen molar-refractivity contribution in [3.63, 3.8) is 0 Å². The van der Waals surface area contributed by atoms with E-state index in [2.05, 4.69) is 22.2 Å². The maximum Gasteiger partial charge on any atom is 0.209 e. The Hall–Kier alpha value is -3.28. The zero-order valence-corrected chi connectivity index (χ0v) is 21.6. The second-order valence-corrected chi connectivity index (χ2v) is 9.90. The van der Waals surface area contributed by atoms with Crippen molar-refractivity contribution in [3.8, 4) is 5.75 Å². The van der Waals surface area contributed by atoms with E-state index in [0.29, 0.717) is 35.9 Å². The molecule has 2 unspecified atom stereocenters. The molecule has 0 bridgehead atoms. The zero-order valence-electron chi connectivity index (χ0n) is 20.8. The summed E-state index contributed by atoms with van der Waals surface area (Å²) in [6.07, 6.45) is 5.99. The van der Waals surface area contributed by atoms with Crippen molar-refractivity contribution < 1.29 is 19.7 Å². The molecule has 36 heavy (non-hydrogen) atoms. The minimum atomic E-state index is -0.819. The Labute approximate surface area is 214 Å². The van der Waals surface area contributed by atoms with Gasteiger partial charge in [-0.15, -0.1) is 11.3 Å². The molecule has 11 heteroatoms.